The van der Waals surface area contributed by atoms with Gasteiger partial charge in [0, 0.05) is 17.2 Å². The zero-order valence-corrected chi connectivity index (χ0v) is 9.71. The van der Waals surface area contributed by atoms with Gasteiger partial charge in [-0.15, -0.1) is 0 Å². The van der Waals surface area contributed by atoms with Gasteiger partial charge >= 0.3 is 0 Å². The molecule has 0 bridgehead atoms. The number of hydrogen-bond acceptors (Lipinski definition) is 4. The highest BCUT2D eigenvalue weighted by Gasteiger charge is 2.09. The predicted octanol–water partition coefficient (Wildman–Crippen LogP) is 0.803. The van der Waals surface area contributed by atoms with E-state index in [-0.39, 0.29) is 10.5 Å². The second-order valence-electron chi connectivity index (χ2n) is 3.65. The molecule has 5 nitrogen and oxygen atoms in total. The van der Waals surface area contributed by atoms with Crippen LogP contribution in [-0.2, 0) is 9.84 Å². The van der Waals surface area contributed by atoms with Crippen LogP contribution in [0.4, 0.5) is 0 Å². The summed E-state index contributed by atoms with van der Waals surface area (Å²) in [6, 6.07) is 7.49. The summed E-state index contributed by atoms with van der Waals surface area (Å²) in [5.74, 6) is 0. The van der Waals surface area contributed by atoms with Gasteiger partial charge in [0.05, 0.1) is 4.90 Å². The molecule has 0 radical (unpaired) electrons. The molecule has 0 saturated heterocycles. The molecule has 1 heterocycles. The maximum absolute atomic E-state index is 11.4. The number of H-pyrrole nitrogens is 1. The normalized spacial score (nSPS) is 11.3. The molecule has 1 aromatic heterocycles. The maximum Gasteiger partial charge on any atom is 0.266 e. The van der Waals surface area contributed by atoms with Gasteiger partial charge in [-0.25, -0.2) is 8.42 Å². The first-order valence-electron chi connectivity index (χ1n) is 4.69. The number of nitriles is 1. The summed E-state index contributed by atoms with van der Waals surface area (Å²) in [5, 5.41) is 9.24. The molecule has 0 atom stereocenters. The largest absolute Gasteiger partial charge is 0.321 e. The summed E-state index contributed by atoms with van der Waals surface area (Å²) in [6.45, 7) is 0. The van der Waals surface area contributed by atoms with Crippen molar-refractivity contribution < 1.29 is 8.42 Å². The lowest BCUT2D eigenvalue weighted by molar-refractivity contribution is 0.602. The minimum atomic E-state index is -3.30. The topological polar surface area (TPSA) is 90.8 Å². The van der Waals surface area contributed by atoms with Gasteiger partial charge in [0.25, 0.3) is 5.56 Å². The zero-order chi connectivity index (χ0) is 12.6. The smallest absolute Gasteiger partial charge is 0.266 e. The molecule has 2 aromatic rings. The summed E-state index contributed by atoms with van der Waals surface area (Å²) in [7, 11) is -3.30. The molecule has 6 heteroatoms. The van der Waals surface area contributed by atoms with E-state index in [2.05, 4.69) is 4.98 Å². The van der Waals surface area contributed by atoms with Gasteiger partial charge in [-0.1, -0.05) is 0 Å². The molecule has 0 saturated carbocycles. The summed E-state index contributed by atoms with van der Waals surface area (Å²) in [5.41, 5.74) is -0.0170. The molecule has 0 spiro atoms. The Morgan fingerprint density at radius 1 is 1.29 bits per heavy atom. The fraction of sp³-hybridized carbons (Fsp3) is 0.0909. The molecular formula is C11H8N2O3S. The van der Waals surface area contributed by atoms with Crippen molar-refractivity contribution in [3.8, 4) is 6.07 Å². The summed E-state index contributed by atoms with van der Waals surface area (Å²) >= 11 is 0. The third kappa shape index (κ3) is 2.05. The summed E-state index contributed by atoms with van der Waals surface area (Å²) in [6.07, 6.45) is 1.10. The minimum Gasteiger partial charge on any atom is -0.321 e. The number of hydrogen-bond donors (Lipinski definition) is 1. The summed E-state index contributed by atoms with van der Waals surface area (Å²) in [4.78, 5) is 14.0. The first-order chi connectivity index (χ1) is 7.91. The minimum absolute atomic E-state index is 0.0387. The number of fused-ring (bicyclic) bond motifs is 1. The number of aromatic nitrogens is 1. The lowest BCUT2D eigenvalue weighted by Gasteiger charge is -2.01. The van der Waals surface area contributed by atoms with Crippen molar-refractivity contribution in [1.82, 2.24) is 4.98 Å². The molecule has 0 aliphatic carbocycles. The third-order valence-electron chi connectivity index (χ3n) is 2.36. The SMILES string of the molecule is CS(=O)(=O)c1ccc2[nH]c(=O)c(C#N)cc2c1. The van der Waals surface area contributed by atoms with Gasteiger partial charge in [-0.05, 0) is 24.3 Å². The van der Waals surface area contributed by atoms with E-state index in [1.54, 1.807) is 6.07 Å². The van der Waals surface area contributed by atoms with Crippen molar-refractivity contribution in [1.29, 1.82) is 5.26 Å². The van der Waals surface area contributed by atoms with E-state index in [1.807, 2.05) is 0 Å². The van der Waals surface area contributed by atoms with Gasteiger partial charge in [0.2, 0.25) is 0 Å². The standard InChI is InChI=1S/C11H8N2O3S/c1-17(15,16)9-2-3-10-7(5-9)4-8(6-12)11(14)13-10/h2-5H,1H3,(H,13,14). The molecule has 1 N–H and O–H groups in total. The van der Waals surface area contributed by atoms with Crippen molar-refractivity contribution in [2.75, 3.05) is 6.26 Å². The van der Waals surface area contributed by atoms with Crippen LogP contribution in [0.15, 0.2) is 34.0 Å². The van der Waals surface area contributed by atoms with E-state index < -0.39 is 15.4 Å². The predicted molar refractivity (Wildman–Crippen MR) is 62.4 cm³/mol. The van der Waals surface area contributed by atoms with E-state index in [0.717, 1.165) is 6.26 Å². The molecule has 0 amide bonds. The van der Waals surface area contributed by atoms with Crippen LogP contribution in [0.1, 0.15) is 5.56 Å². The van der Waals surface area contributed by atoms with E-state index >= 15 is 0 Å². The second kappa shape index (κ2) is 3.71. The summed E-state index contributed by atoms with van der Waals surface area (Å²) < 4.78 is 22.7. The number of aromatic amines is 1. The lowest BCUT2D eigenvalue weighted by Crippen LogP contribution is -2.09. The number of nitrogens with one attached hydrogen (secondary N) is 1. The van der Waals surface area contributed by atoms with Gasteiger partial charge < -0.3 is 4.98 Å². The molecule has 0 aliphatic heterocycles. The molecule has 1 aromatic carbocycles. The van der Waals surface area contributed by atoms with E-state index in [9.17, 15) is 13.2 Å². The van der Waals surface area contributed by atoms with Crippen LogP contribution < -0.4 is 5.56 Å². The molecule has 2 rings (SSSR count). The average molecular weight is 248 g/mol. The Labute approximate surface area is 97.2 Å². The van der Waals surface area contributed by atoms with Crippen LogP contribution in [0.5, 0.6) is 0 Å². The average Bonchev–Trinajstić information content (AvgIpc) is 2.26. The van der Waals surface area contributed by atoms with Gasteiger partial charge in [0.1, 0.15) is 11.6 Å². The molecule has 0 aliphatic rings. The number of benzene rings is 1. The van der Waals surface area contributed by atoms with Crippen molar-refractivity contribution in [2.24, 2.45) is 0 Å². The molecule has 0 unspecified atom stereocenters. The van der Waals surface area contributed by atoms with Crippen LogP contribution >= 0.6 is 0 Å². The van der Waals surface area contributed by atoms with Crippen molar-refractivity contribution in [2.45, 2.75) is 4.90 Å². The van der Waals surface area contributed by atoms with Crippen LogP contribution in [0.25, 0.3) is 10.9 Å². The van der Waals surface area contributed by atoms with E-state index in [0.29, 0.717) is 10.9 Å². The van der Waals surface area contributed by atoms with E-state index in [4.69, 9.17) is 5.26 Å². The quantitative estimate of drug-likeness (QED) is 0.808. The van der Waals surface area contributed by atoms with Crippen LogP contribution in [0.2, 0.25) is 0 Å². The number of rotatable bonds is 1. The van der Waals surface area contributed by atoms with Crippen molar-refractivity contribution in [3.63, 3.8) is 0 Å². The van der Waals surface area contributed by atoms with E-state index in [1.165, 1.54) is 24.3 Å². The molecule has 86 valence electrons. The Morgan fingerprint density at radius 2 is 2.00 bits per heavy atom. The monoisotopic (exact) mass is 248 g/mol. The Kier molecular flexibility index (Phi) is 2.48. The highest BCUT2D eigenvalue weighted by molar-refractivity contribution is 7.90. The third-order valence-corrected chi connectivity index (χ3v) is 3.47. The zero-order valence-electron chi connectivity index (χ0n) is 8.89. The first kappa shape index (κ1) is 11.4. The lowest BCUT2D eigenvalue weighted by atomic mass is 10.2. The van der Waals surface area contributed by atoms with Crippen molar-refractivity contribution >= 4 is 20.7 Å². The second-order valence-corrected chi connectivity index (χ2v) is 5.66. The Bertz CT molecular complexity index is 798. The Hall–Kier alpha value is -2.13. The highest BCUT2D eigenvalue weighted by atomic mass is 32.2. The Morgan fingerprint density at radius 3 is 2.59 bits per heavy atom. The van der Waals surface area contributed by atoms with Crippen molar-refractivity contribution in [3.05, 3.63) is 40.2 Å². The number of pyridine rings is 1. The van der Waals surface area contributed by atoms with Gasteiger partial charge in [0.15, 0.2) is 9.84 Å². The van der Waals surface area contributed by atoms with Gasteiger partial charge in [-0.2, -0.15) is 5.26 Å². The Balaban J connectivity index is 2.84. The van der Waals surface area contributed by atoms with Crippen LogP contribution in [0.3, 0.4) is 0 Å². The molecule has 17 heavy (non-hydrogen) atoms. The first-order valence-corrected chi connectivity index (χ1v) is 6.58. The fourth-order valence-corrected chi connectivity index (χ4v) is 2.15. The number of nitrogens with zero attached hydrogens (tertiary/aromatic N) is 1. The van der Waals surface area contributed by atoms with Crippen LogP contribution in [-0.4, -0.2) is 19.7 Å². The van der Waals surface area contributed by atoms with Crippen LogP contribution in [0, 0.1) is 11.3 Å². The maximum atomic E-state index is 11.4. The molecular weight excluding hydrogens is 240 g/mol. The van der Waals surface area contributed by atoms with Gasteiger partial charge in [-0.3, -0.25) is 4.79 Å². The number of sulfone groups is 1. The fourth-order valence-electron chi connectivity index (χ4n) is 1.50. The highest BCUT2D eigenvalue weighted by Crippen LogP contribution is 2.17. The molecule has 0 fully saturated rings.